The van der Waals surface area contributed by atoms with E-state index >= 15 is 0 Å². The monoisotopic (exact) mass is 193 g/mol. The maximum Gasteiger partial charge on any atom is 0.120 e. The van der Waals surface area contributed by atoms with E-state index in [-0.39, 0.29) is 0 Å². The molecule has 2 unspecified atom stereocenters. The van der Waals surface area contributed by atoms with Gasteiger partial charge in [0.15, 0.2) is 0 Å². The summed E-state index contributed by atoms with van der Waals surface area (Å²) in [7, 11) is 0. The van der Waals surface area contributed by atoms with Gasteiger partial charge in [-0.3, -0.25) is 0 Å². The summed E-state index contributed by atoms with van der Waals surface area (Å²) in [6.45, 7) is 5.31. The molecule has 1 aliphatic carbocycles. The largest absolute Gasteiger partial charge is 0.468 e. The van der Waals surface area contributed by atoms with Crippen molar-refractivity contribution in [1.82, 2.24) is 5.32 Å². The van der Waals surface area contributed by atoms with E-state index < -0.39 is 0 Å². The first-order valence-corrected chi connectivity index (χ1v) is 5.52. The number of nitrogens with one attached hydrogen (secondary N) is 1. The molecule has 0 amide bonds. The third-order valence-corrected chi connectivity index (χ3v) is 3.21. The minimum absolute atomic E-state index is 0.703. The Bertz CT molecular complexity index is 292. The molecule has 0 bridgehead atoms. The highest BCUT2D eigenvalue weighted by molar-refractivity contribution is 5.14. The summed E-state index contributed by atoms with van der Waals surface area (Å²) in [5.74, 6) is 1.98. The average Bonchev–Trinajstić information content (AvgIpc) is 2.72. The standard InChI is InChI=1S/C12H19NO/c1-9-3-4-11(7-9)13-8-12-10(2)5-6-14-12/h5-6,9,11,13H,3-4,7-8H2,1-2H3. The van der Waals surface area contributed by atoms with Gasteiger partial charge in [-0.1, -0.05) is 6.92 Å². The summed E-state index contributed by atoms with van der Waals surface area (Å²) in [6, 6.07) is 2.73. The molecule has 2 rings (SSSR count). The van der Waals surface area contributed by atoms with E-state index in [9.17, 15) is 0 Å². The molecule has 0 spiro atoms. The summed E-state index contributed by atoms with van der Waals surface area (Å²) in [5, 5.41) is 3.56. The molecule has 1 N–H and O–H groups in total. The van der Waals surface area contributed by atoms with Crippen LogP contribution in [0, 0.1) is 12.8 Å². The summed E-state index contributed by atoms with van der Waals surface area (Å²) >= 11 is 0. The van der Waals surface area contributed by atoms with Crippen LogP contribution in [0.2, 0.25) is 0 Å². The second-order valence-electron chi connectivity index (χ2n) is 4.52. The number of rotatable bonds is 3. The maximum absolute atomic E-state index is 5.39. The SMILES string of the molecule is Cc1ccoc1CNC1CCC(C)C1. The third kappa shape index (κ3) is 2.18. The predicted molar refractivity (Wildman–Crippen MR) is 57.1 cm³/mol. The van der Waals surface area contributed by atoms with E-state index in [0.29, 0.717) is 6.04 Å². The molecule has 0 aromatic carbocycles. The van der Waals surface area contributed by atoms with Crippen LogP contribution >= 0.6 is 0 Å². The zero-order valence-electron chi connectivity index (χ0n) is 9.05. The van der Waals surface area contributed by atoms with Gasteiger partial charge in [-0.25, -0.2) is 0 Å². The van der Waals surface area contributed by atoms with Crippen molar-refractivity contribution in [2.45, 2.75) is 45.7 Å². The van der Waals surface area contributed by atoms with Gasteiger partial charge in [0.25, 0.3) is 0 Å². The Labute approximate surface area is 85.7 Å². The number of hydrogen-bond acceptors (Lipinski definition) is 2. The highest BCUT2D eigenvalue weighted by Crippen LogP contribution is 2.24. The minimum Gasteiger partial charge on any atom is -0.468 e. The molecule has 78 valence electrons. The van der Waals surface area contributed by atoms with Crippen LogP contribution < -0.4 is 5.32 Å². The van der Waals surface area contributed by atoms with Gasteiger partial charge in [-0.05, 0) is 43.7 Å². The molecule has 1 aliphatic rings. The van der Waals surface area contributed by atoms with Gasteiger partial charge in [-0.15, -0.1) is 0 Å². The Kier molecular flexibility index (Phi) is 2.92. The second kappa shape index (κ2) is 4.18. The predicted octanol–water partition coefficient (Wildman–Crippen LogP) is 2.87. The number of furan rings is 1. The fourth-order valence-electron chi connectivity index (χ4n) is 2.21. The molecule has 1 heterocycles. The molecule has 0 aliphatic heterocycles. The van der Waals surface area contributed by atoms with Crippen LogP contribution in [-0.4, -0.2) is 6.04 Å². The van der Waals surface area contributed by atoms with E-state index in [1.165, 1.54) is 24.8 Å². The molecule has 0 radical (unpaired) electrons. The van der Waals surface area contributed by atoms with E-state index in [2.05, 4.69) is 19.2 Å². The Balaban J connectivity index is 1.80. The third-order valence-electron chi connectivity index (χ3n) is 3.21. The van der Waals surface area contributed by atoms with E-state index in [0.717, 1.165) is 18.2 Å². The lowest BCUT2D eigenvalue weighted by molar-refractivity contribution is 0.437. The zero-order valence-corrected chi connectivity index (χ0v) is 9.05. The van der Waals surface area contributed by atoms with Gasteiger partial charge in [0.2, 0.25) is 0 Å². The van der Waals surface area contributed by atoms with Crippen molar-refractivity contribution in [3.05, 3.63) is 23.7 Å². The summed E-state index contributed by atoms with van der Waals surface area (Å²) in [6.07, 6.45) is 5.78. The molecule has 0 saturated heterocycles. The van der Waals surface area contributed by atoms with Crippen molar-refractivity contribution in [2.75, 3.05) is 0 Å². The fraction of sp³-hybridized carbons (Fsp3) is 0.667. The topological polar surface area (TPSA) is 25.2 Å². The minimum atomic E-state index is 0.703. The fourth-order valence-corrected chi connectivity index (χ4v) is 2.21. The maximum atomic E-state index is 5.39. The van der Waals surface area contributed by atoms with Crippen LogP contribution in [0.3, 0.4) is 0 Å². The van der Waals surface area contributed by atoms with E-state index in [1.807, 2.05) is 6.07 Å². The van der Waals surface area contributed by atoms with Crippen molar-refractivity contribution in [2.24, 2.45) is 5.92 Å². The number of aryl methyl sites for hydroxylation is 1. The summed E-state index contributed by atoms with van der Waals surface area (Å²) in [4.78, 5) is 0. The molecule has 1 fully saturated rings. The van der Waals surface area contributed by atoms with Crippen molar-refractivity contribution >= 4 is 0 Å². The van der Waals surface area contributed by atoms with Gasteiger partial charge >= 0.3 is 0 Å². The first kappa shape index (κ1) is 9.78. The molecule has 2 nitrogen and oxygen atoms in total. The molecule has 14 heavy (non-hydrogen) atoms. The lowest BCUT2D eigenvalue weighted by Crippen LogP contribution is -2.25. The second-order valence-corrected chi connectivity index (χ2v) is 4.52. The van der Waals surface area contributed by atoms with Gasteiger partial charge in [0, 0.05) is 6.04 Å². The Morgan fingerprint density at radius 1 is 1.50 bits per heavy atom. The van der Waals surface area contributed by atoms with Crippen molar-refractivity contribution < 1.29 is 4.42 Å². The molecular formula is C12H19NO. The van der Waals surface area contributed by atoms with Gasteiger partial charge in [0.1, 0.15) is 5.76 Å². The van der Waals surface area contributed by atoms with E-state index in [4.69, 9.17) is 4.42 Å². The first-order chi connectivity index (χ1) is 6.75. The zero-order chi connectivity index (χ0) is 9.97. The van der Waals surface area contributed by atoms with Crippen molar-refractivity contribution in [3.8, 4) is 0 Å². The smallest absolute Gasteiger partial charge is 0.120 e. The normalized spacial score (nSPS) is 27.0. The Hall–Kier alpha value is -0.760. The average molecular weight is 193 g/mol. The number of hydrogen-bond donors (Lipinski definition) is 1. The molecule has 1 aromatic rings. The summed E-state index contributed by atoms with van der Waals surface area (Å²) in [5.41, 5.74) is 1.25. The molecular weight excluding hydrogens is 174 g/mol. The Morgan fingerprint density at radius 2 is 2.36 bits per heavy atom. The van der Waals surface area contributed by atoms with Crippen LogP contribution in [0.1, 0.15) is 37.5 Å². The summed E-state index contributed by atoms with van der Waals surface area (Å²) < 4.78 is 5.39. The highest BCUT2D eigenvalue weighted by Gasteiger charge is 2.20. The highest BCUT2D eigenvalue weighted by atomic mass is 16.3. The lowest BCUT2D eigenvalue weighted by Gasteiger charge is -2.11. The van der Waals surface area contributed by atoms with Crippen LogP contribution in [0.5, 0.6) is 0 Å². The van der Waals surface area contributed by atoms with Crippen molar-refractivity contribution in [3.63, 3.8) is 0 Å². The molecule has 1 saturated carbocycles. The molecule has 1 aromatic heterocycles. The van der Waals surface area contributed by atoms with Crippen LogP contribution in [-0.2, 0) is 6.54 Å². The molecule has 2 heteroatoms. The first-order valence-electron chi connectivity index (χ1n) is 5.52. The van der Waals surface area contributed by atoms with Crippen LogP contribution in [0.25, 0.3) is 0 Å². The van der Waals surface area contributed by atoms with Gasteiger partial charge in [-0.2, -0.15) is 0 Å². The van der Waals surface area contributed by atoms with Crippen LogP contribution in [0.4, 0.5) is 0 Å². The van der Waals surface area contributed by atoms with Gasteiger partial charge < -0.3 is 9.73 Å². The lowest BCUT2D eigenvalue weighted by atomic mass is 10.1. The van der Waals surface area contributed by atoms with Gasteiger partial charge in [0.05, 0.1) is 12.8 Å². The van der Waals surface area contributed by atoms with Crippen molar-refractivity contribution in [1.29, 1.82) is 0 Å². The quantitative estimate of drug-likeness (QED) is 0.798. The molecule has 2 atom stereocenters. The van der Waals surface area contributed by atoms with Crippen LogP contribution in [0.15, 0.2) is 16.7 Å². The Morgan fingerprint density at radius 3 is 2.93 bits per heavy atom. The van der Waals surface area contributed by atoms with E-state index in [1.54, 1.807) is 6.26 Å².